The van der Waals surface area contributed by atoms with Crippen LogP contribution in [0, 0.1) is 5.92 Å². The summed E-state index contributed by atoms with van der Waals surface area (Å²) in [6.45, 7) is 11.4. The zero-order valence-corrected chi connectivity index (χ0v) is 18.9. The van der Waals surface area contributed by atoms with Gasteiger partial charge in [0.05, 0.1) is 11.1 Å². The lowest BCUT2D eigenvalue weighted by Gasteiger charge is -2.20. The molecule has 0 aliphatic heterocycles. The van der Waals surface area contributed by atoms with E-state index in [4.69, 9.17) is 9.47 Å². The van der Waals surface area contributed by atoms with Gasteiger partial charge in [-0.15, -0.1) is 0 Å². The second-order valence-corrected chi connectivity index (χ2v) is 9.14. The summed E-state index contributed by atoms with van der Waals surface area (Å²) in [4.78, 5) is 12.2. The van der Waals surface area contributed by atoms with Gasteiger partial charge < -0.3 is 14.8 Å². The van der Waals surface area contributed by atoms with Gasteiger partial charge in [-0.2, -0.15) is 0 Å². The molecule has 0 fully saturated rings. The van der Waals surface area contributed by atoms with Gasteiger partial charge in [-0.1, -0.05) is 40.7 Å². The number of anilines is 1. The number of carbonyl (C=O) groups excluding carboxylic acids is 1. The van der Waals surface area contributed by atoms with Crippen LogP contribution < -0.4 is 14.8 Å². The molecule has 28 heavy (non-hydrogen) atoms. The molecule has 4 nitrogen and oxygen atoms in total. The topological polar surface area (TPSA) is 47.6 Å². The lowest BCUT2D eigenvalue weighted by Crippen LogP contribution is -2.20. The second kappa shape index (κ2) is 9.97. The summed E-state index contributed by atoms with van der Waals surface area (Å²) < 4.78 is 12.2. The van der Waals surface area contributed by atoms with E-state index in [2.05, 4.69) is 55.9 Å². The van der Waals surface area contributed by atoms with Crippen LogP contribution in [0.2, 0.25) is 0 Å². The normalized spacial score (nSPS) is 11.4. The van der Waals surface area contributed by atoms with Gasteiger partial charge in [0.1, 0.15) is 11.5 Å². The Hall–Kier alpha value is -2.01. The van der Waals surface area contributed by atoms with Crippen LogP contribution in [0.1, 0.15) is 46.6 Å². The molecule has 2 aromatic rings. The standard InChI is InChI=1S/C23H30BrNO3/c1-16(2)12-13-27-19-9-7-18(8-10-19)25-22(26)15-28-21-11-6-17(14-20(21)24)23(3,4)5/h6-11,14,16H,12-13,15H2,1-5H3,(H,25,26). The molecule has 0 unspecified atom stereocenters. The summed E-state index contributed by atoms with van der Waals surface area (Å²) in [5.74, 6) is 1.86. The molecule has 0 bridgehead atoms. The van der Waals surface area contributed by atoms with Crippen LogP contribution in [0.5, 0.6) is 11.5 Å². The largest absolute Gasteiger partial charge is 0.494 e. The fourth-order valence-corrected chi connectivity index (χ4v) is 2.97. The number of hydrogen-bond acceptors (Lipinski definition) is 3. The maximum atomic E-state index is 12.2. The van der Waals surface area contributed by atoms with E-state index in [1.807, 2.05) is 42.5 Å². The van der Waals surface area contributed by atoms with Crippen molar-refractivity contribution in [2.45, 2.75) is 46.5 Å². The molecule has 2 rings (SSSR count). The molecule has 1 amide bonds. The van der Waals surface area contributed by atoms with Gasteiger partial charge in [0.25, 0.3) is 5.91 Å². The molecule has 0 radical (unpaired) electrons. The molecule has 0 saturated heterocycles. The van der Waals surface area contributed by atoms with Crippen molar-refractivity contribution >= 4 is 27.5 Å². The molecule has 0 saturated carbocycles. The molecule has 152 valence electrons. The van der Waals surface area contributed by atoms with Gasteiger partial charge in [-0.05, 0) is 75.6 Å². The Bertz CT molecular complexity index is 779. The van der Waals surface area contributed by atoms with Crippen LogP contribution in [0.25, 0.3) is 0 Å². The first-order valence-electron chi connectivity index (χ1n) is 9.60. The average Bonchev–Trinajstić information content (AvgIpc) is 2.61. The SMILES string of the molecule is CC(C)CCOc1ccc(NC(=O)COc2ccc(C(C)(C)C)cc2Br)cc1. The van der Waals surface area contributed by atoms with Crippen LogP contribution in [0.3, 0.4) is 0 Å². The molecule has 2 aromatic carbocycles. The summed E-state index contributed by atoms with van der Waals surface area (Å²) in [5.41, 5.74) is 1.97. The summed E-state index contributed by atoms with van der Waals surface area (Å²) in [6, 6.07) is 13.3. The van der Waals surface area contributed by atoms with Crippen LogP contribution in [-0.4, -0.2) is 19.1 Å². The van der Waals surface area contributed by atoms with Gasteiger partial charge >= 0.3 is 0 Å². The van der Waals surface area contributed by atoms with Crippen LogP contribution in [-0.2, 0) is 10.2 Å². The lowest BCUT2D eigenvalue weighted by atomic mass is 9.87. The lowest BCUT2D eigenvalue weighted by molar-refractivity contribution is -0.118. The minimum Gasteiger partial charge on any atom is -0.494 e. The summed E-state index contributed by atoms with van der Waals surface area (Å²) >= 11 is 3.52. The van der Waals surface area contributed by atoms with E-state index in [0.29, 0.717) is 24.0 Å². The molecule has 0 heterocycles. The Labute approximate surface area is 176 Å². The van der Waals surface area contributed by atoms with Crippen molar-refractivity contribution in [2.75, 3.05) is 18.5 Å². The van der Waals surface area contributed by atoms with Crippen molar-refractivity contribution in [2.24, 2.45) is 5.92 Å². The fraction of sp³-hybridized carbons (Fsp3) is 0.435. The van der Waals surface area contributed by atoms with E-state index >= 15 is 0 Å². The molecule has 1 N–H and O–H groups in total. The van der Waals surface area contributed by atoms with E-state index in [0.717, 1.165) is 16.6 Å². The van der Waals surface area contributed by atoms with Crippen molar-refractivity contribution in [3.05, 3.63) is 52.5 Å². The highest BCUT2D eigenvalue weighted by Gasteiger charge is 2.15. The van der Waals surface area contributed by atoms with E-state index in [1.165, 1.54) is 5.56 Å². The number of nitrogens with one attached hydrogen (secondary N) is 1. The monoisotopic (exact) mass is 447 g/mol. The van der Waals surface area contributed by atoms with Crippen LogP contribution in [0.15, 0.2) is 46.9 Å². The Balaban J connectivity index is 1.84. The first-order valence-corrected chi connectivity index (χ1v) is 10.4. The third-order valence-corrected chi connectivity index (χ3v) is 4.88. The van der Waals surface area contributed by atoms with Crippen LogP contribution in [0.4, 0.5) is 5.69 Å². The maximum Gasteiger partial charge on any atom is 0.262 e. The van der Waals surface area contributed by atoms with Crippen molar-refractivity contribution < 1.29 is 14.3 Å². The van der Waals surface area contributed by atoms with E-state index < -0.39 is 0 Å². The summed E-state index contributed by atoms with van der Waals surface area (Å²) in [7, 11) is 0. The van der Waals surface area contributed by atoms with E-state index in [1.54, 1.807) is 0 Å². The number of amides is 1. The summed E-state index contributed by atoms with van der Waals surface area (Å²) in [6.07, 6.45) is 1.02. The summed E-state index contributed by atoms with van der Waals surface area (Å²) in [5, 5.41) is 2.83. The van der Waals surface area contributed by atoms with Crippen molar-refractivity contribution in [1.82, 2.24) is 0 Å². The molecule has 0 aliphatic carbocycles. The maximum absolute atomic E-state index is 12.2. The average molecular weight is 448 g/mol. The number of benzene rings is 2. The minimum absolute atomic E-state index is 0.0555. The number of ether oxygens (including phenoxy) is 2. The predicted octanol–water partition coefficient (Wildman–Crippen LogP) is 6.19. The zero-order chi connectivity index (χ0) is 20.7. The van der Waals surface area contributed by atoms with Crippen molar-refractivity contribution in [1.29, 1.82) is 0 Å². The molecule has 0 aromatic heterocycles. The highest BCUT2D eigenvalue weighted by atomic mass is 79.9. The number of halogens is 1. The molecule has 5 heteroatoms. The van der Waals surface area contributed by atoms with Gasteiger partial charge in [0.15, 0.2) is 6.61 Å². The zero-order valence-electron chi connectivity index (χ0n) is 17.3. The van der Waals surface area contributed by atoms with Crippen molar-refractivity contribution in [3.63, 3.8) is 0 Å². The number of carbonyl (C=O) groups is 1. The Kier molecular flexibility index (Phi) is 7.93. The molecule has 0 spiro atoms. The van der Waals surface area contributed by atoms with Gasteiger partial charge in [-0.25, -0.2) is 0 Å². The first-order chi connectivity index (χ1) is 13.1. The number of hydrogen-bond donors (Lipinski definition) is 1. The van der Waals surface area contributed by atoms with Gasteiger partial charge in [0.2, 0.25) is 0 Å². The number of rotatable bonds is 8. The predicted molar refractivity (Wildman–Crippen MR) is 118 cm³/mol. The minimum atomic E-state index is -0.208. The van der Waals surface area contributed by atoms with E-state index in [-0.39, 0.29) is 17.9 Å². The third-order valence-electron chi connectivity index (χ3n) is 4.26. The Morgan fingerprint density at radius 1 is 1.07 bits per heavy atom. The molecule has 0 aliphatic rings. The van der Waals surface area contributed by atoms with E-state index in [9.17, 15) is 4.79 Å². The molecular formula is C23H30BrNO3. The molecular weight excluding hydrogens is 418 g/mol. The third kappa shape index (κ3) is 7.19. The second-order valence-electron chi connectivity index (χ2n) is 8.29. The van der Waals surface area contributed by atoms with Crippen LogP contribution >= 0.6 is 15.9 Å². The fourth-order valence-electron chi connectivity index (χ4n) is 2.47. The Morgan fingerprint density at radius 2 is 1.75 bits per heavy atom. The first kappa shape index (κ1) is 22.3. The van der Waals surface area contributed by atoms with Crippen molar-refractivity contribution in [3.8, 4) is 11.5 Å². The van der Waals surface area contributed by atoms with Gasteiger partial charge in [0, 0.05) is 5.69 Å². The highest BCUT2D eigenvalue weighted by Crippen LogP contribution is 2.31. The molecule has 0 atom stereocenters. The highest BCUT2D eigenvalue weighted by molar-refractivity contribution is 9.10. The quantitative estimate of drug-likeness (QED) is 0.524. The Morgan fingerprint density at radius 3 is 2.32 bits per heavy atom. The smallest absolute Gasteiger partial charge is 0.262 e. The van der Waals surface area contributed by atoms with Gasteiger partial charge in [-0.3, -0.25) is 4.79 Å².